The van der Waals surface area contributed by atoms with Gasteiger partial charge in [-0.3, -0.25) is 4.68 Å². The van der Waals surface area contributed by atoms with Crippen LogP contribution in [0.5, 0.6) is 17.2 Å². The van der Waals surface area contributed by atoms with E-state index in [2.05, 4.69) is 5.10 Å². The number of carboxylic acids is 1. The van der Waals surface area contributed by atoms with Crippen LogP contribution >= 0.6 is 0 Å². The number of aromatic hydroxyl groups is 1. The highest BCUT2D eigenvalue weighted by Crippen LogP contribution is 2.39. The van der Waals surface area contributed by atoms with E-state index in [-0.39, 0.29) is 11.4 Å². The van der Waals surface area contributed by atoms with Crippen LogP contribution in [-0.2, 0) is 7.05 Å². The van der Waals surface area contributed by atoms with Gasteiger partial charge in [-0.2, -0.15) is 5.10 Å². The summed E-state index contributed by atoms with van der Waals surface area (Å²) in [7, 11) is 4.53. The molecule has 0 amide bonds. The second-order valence-corrected chi connectivity index (χ2v) is 4.07. The fraction of sp³-hybridized carbons (Fsp3) is 0.231. The zero-order valence-electron chi connectivity index (χ0n) is 11.2. The maximum atomic E-state index is 10.9. The SMILES string of the molecule is COc1cc(O)c(-c2cc(C(=O)O)nn2C)cc1OC. The van der Waals surface area contributed by atoms with Gasteiger partial charge in [0, 0.05) is 18.7 Å². The van der Waals surface area contributed by atoms with Gasteiger partial charge in [0.05, 0.1) is 19.9 Å². The van der Waals surface area contributed by atoms with Crippen molar-refractivity contribution in [1.82, 2.24) is 9.78 Å². The Kier molecular flexibility index (Phi) is 3.51. The number of methoxy groups -OCH3 is 2. The molecule has 7 heteroatoms. The second kappa shape index (κ2) is 5.12. The maximum Gasteiger partial charge on any atom is 0.356 e. The summed E-state index contributed by atoms with van der Waals surface area (Å²) in [6, 6.07) is 4.35. The Morgan fingerprint density at radius 3 is 2.30 bits per heavy atom. The summed E-state index contributed by atoms with van der Waals surface area (Å²) in [5, 5.41) is 22.8. The minimum Gasteiger partial charge on any atom is -0.507 e. The predicted octanol–water partition coefficient (Wildman–Crippen LogP) is 1.51. The molecule has 7 nitrogen and oxygen atoms in total. The molecule has 0 spiro atoms. The highest BCUT2D eigenvalue weighted by atomic mass is 16.5. The van der Waals surface area contributed by atoms with Crippen molar-refractivity contribution in [2.24, 2.45) is 7.05 Å². The van der Waals surface area contributed by atoms with Crippen LogP contribution in [0.2, 0.25) is 0 Å². The van der Waals surface area contributed by atoms with Gasteiger partial charge in [-0.15, -0.1) is 0 Å². The number of aromatic nitrogens is 2. The van der Waals surface area contributed by atoms with E-state index in [4.69, 9.17) is 14.6 Å². The van der Waals surface area contributed by atoms with Gasteiger partial charge >= 0.3 is 5.97 Å². The van der Waals surface area contributed by atoms with Crippen molar-refractivity contribution < 1.29 is 24.5 Å². The van der Waals surface area contributed by atoms with E-state index in [1.807, 2.05) is 0 Å². The molecule has 1 aromatic heterocycles. The molecular weight excluding hydrogens is 264 g/mol. The van der Waals surface area contributed by atoms with E-state index in [1.165, 1.54) is 31.0 Å². The molecule has 106 valence electrons. The summed E-state index contributed by atoms with van der Waals surface area (Å²) >= 11 is 0. The third-order valence-electron chi connectivity index (χ3n) is 2.88. The number of ether oxygens (including phenoxy) is 2. The van der Waals surface area contributed by atoms with Crippen LogP contribution in [0.3, 0.4) is 0 Å². The van der Waals surface area contributed by atoms with E-state index in [1.54, 1.807) is 13.1 Å². The van der Waals surface area contributed by atoms with Crippen molar-refractivity contribution in [2.45, 2.75) is 0 Å². The van der Waals surface area contributed by atoms with Crippen LogP contribution in [-0.4, -0.2) is 40.2 Å². The van der Waals surface area contributed by atoms with Crippen molar-refractivity contribution in [1.29, 1.82) is 0 Å². The van der Waals surface area contributed by atoms with E-state index in [9.17, 15) is 9.90 Å². The van der Waals surface area contributed by atoms with Gasteiger partial charge in [0.1, 0.15) is 5.75 Å². The average Bonchev–Trinajstić information content (AvgIpc) is 2.80. The highest BCUT2D eigenvalue weighted by Gasteiger charge is 2.18. The maximum absolute atomic E-state index is 10.9. The largest absolute Gasteiger partial charge is 0.507 e. The Labute approximate surface area is 115 Å². The smallest absolute Gasteiger partial charge is 0.356 e. The lowest BCUT2D eigenvalue weighted by atomic mass is 10.1. The molecule has 0 radical (unpaired) electrons. The van der Waals surface area contributed by atoms with Gasteiger partial charge in [-0.05, 0) is 12.1 Å². The first-order chi connectivity index (χ1) is 9.47. The number of rotatable bonds is 4. The molecule has 0 aliphatic carbocycles. The van der Waals surface area contributed by atoms with Gasteiger partial charge in [0.25, 0.3) is 0 Å². The number of hydrogen-bond donors (Lipinski definition) is 2. The Bertz CT molecular complexity index is 663. The number of aromatic carboxylic acids is 1. The number of benzene rings is 1. The van der Waals surface area contributed by atoms with Crippen molar-refractivity contribution in [3.8, 4) is 28.5 Å². The van der Waals surface area contributed by atoms with Crippen LogP contribution in [0.15, 0.2) is 18.2 Å². The minimum absolute atomic E-state index is 0.0532. The first kappa shape index (κ1) is 13.7. The van der Waals surface area contributed by atoms with Gasteiger partial charge < -0.3 is 19.7 Å². The third kappa shape index (κ3) is 2.25. The van der Waals surface area contributed by atoms with E-state index < -0.39 is 5.97 Å². The molecule has 0 unspecified atom stereocenters. The molecule has 1 heterocycles. The molecule has 0 atom stereocenters. The molecule has 0 saturated heterocycles. The van der Waals surface area contributed by atoms with Crippen LogP contribution in [0.1, 0.15) is 10.5 Å². The molecule has 2 rings (SSSR count). The lowest BCUT2D eigenvalue weighted by Crippen LogP contribution is -1.99. The average molecular weight is 278 g/mol. The lowest BCUT2D eigenvalue weighted by molar-refractivity contribution is 0.0689. The third-order valence-corrected chi connectivity index (χ3v) is 2.88. The Morgan fingerprint density at radius 2 is 1.80 bits per heavy atom. The fourth-order valence-corrected chi connectivity index (χ4v) is 1.90. The quantitative estimate of drug-likeness (QED) is 0.880. The zero-order chi connectivity index (χ0) is 14.9. The van der Waals surface area contributed by atoms with Crippen molar-refractivity contribution >= 4 is 5.97 Å². The van der Waals surface area contributed by atoms with Crippen LogP contribution in [0.25, 0.3) is 11.3 Å². The number of phenolic OH excluding ortho intramolecular Hbond substituents is 1. The molecule has 0 aliphatic rings. The molecule has 2 N–H and O–H groups in total. The van der Waals surface area contributed by atoms with E-state index in [0.29, 0.717) is 22.8 Å². The van der Waals surface area contributed by atoms with Gasteiger partial charge in [-0.1, -0.05) is 0 Å². The monoisotopic (exact) mass is 278 g/mol. The van der Waals surface area contributed by atoms with E-state index >= 15 is 0 Å². The highest BCUT2D eigenvalue weighted by molar-refractivity contribution is 5.87. The molecule has 1 aromatic carbocycles. The summed E-state index contributed by atoms with van der Waals surface area (Å²) < 4.78 is 11.6. The van der Waals surface area contributed by atoms with Gasteiger partial charge in [0.2, 0.25) is 0 Å². The second-order valence-electron chi connectivity index (χ2n) is 4.07. The predicted molar refractivity (Wildman–Crippen MR) is 70.4 cm³/mol. The summed E-state index contributed by atoms with van der Waals surface area (Å²) in [6.07, 6.45) is 0. The first-order valence-corrected chi connectivity index (χ1v) is 5.70. The molecule has 0 bridgehead atoms. The zero-order valence-corrected chi connectivity index (χ0v) is 11.2. The topological polar surface area (TPSA) is 93.8 Å². The molecule has 0 saturated carbocycles. The first-order valence-electron chi connectivity index (χ1n) is 5.70. The summed E-state index contributed by atoms with van der Waals surface area (Å²) in [4.78, 5) is 10.9. The fourth-order valence-electron chi connectivity index (χ4n) is 1.90. The van der Waals surface area contributed by atoms with Crippen LogP contribution < -0.4 is 9.47 Å². The molecule has 20 heavy (non-hydrogen) atoms. The molecule has 2 aromatic rings. The van der Waals surface area contributed by atoms with E-state index in [0.717, 1.165) is 0 Å². The summed E-state index contributed by atoms with van der Waals surface area (Å²) in [6.45, 7) is 0. The molecule has 0 fully saturated rings. The summed E-state index contributed by atoms with van der Waals surface area (Å²) in [5.74, 6) is -0.373. The number of nitrogens with zero attached hydrogens (tertiary/aromatic N) is 2. The van der Waals surface area contributed by atoms with Crippen molar-refractivity contribution in [2.75, 3.05) is 14.2 Å². The number of hydrogen-bond acceptors (Lipinski definition) is 5. The standard InChI is InChI=1S/C13H14N2O5/c1-15-9(5-8(14-15)13(17)18)7-4-11(19-2)12(20-3)6-10(7)16/h4-6,16H,1-3H3,(H,17,18). The number of carboxylic acid groups (broad SMARTS) is 1. The Balaban J connectivity index is 2.60. The normalized spacial score (nSPS) is 10.3. The van der Waals surface area contributed by atoms with Crippen LogP contribution in [0.4, 0.5) is 0 Å². The minimum atomic E-state index is -1.13. The van der Waals surface area contributed by atoms with Gasteiger partial charge in [-0.25, -0.2) is 4.79 Å². The van der Waals surface area contributed by atoms with Crippen LogP contribution in [0, 0.1) is 0 Å². The number of carbonyl (C=O) groups is 1. The van der Waals surface area contributed by atoms with Crippen molar-refractivity contribution in [3.63, 3.8) is 0 Å². The van der Waals surface area contributed by atoms with Crippen molar-refractivity contribution in [3.05, 3.63) is 23.9 Å². The molecular formula is C13H14N2O5. The summed E-state index contributed by atoms with van der Waals surface area (Å²) in [5.41, 5.74) is 0.766. The Morgan fingerprint density at radius 1 is 1.20 bits per heavy atom. The lowest BCUT2D eigenvalue weighted by Gasteiger charge is -2.11. The van der Waals surface area contributed by atoms with Gasteiger partial charge in [0.15, 0.2) is 17.2 Å². The molecule has 0 aliphatic heterocycles. The number of aryl methyl sites for hydroxylation is 1. The Hall–Kier alpha value is -2.70. The number of phenols is 1.